The maximum absolute atomic E-state index is 14.0. The van der Waals surface area contributed by atoms with Crippen molar-refractivity contribution in [3.05, 3.63) is 86.5 Å². The van der Waals surface area contributed by atoms with Gasteiger partial charge in [-0.25, -0.2) is 21.6 Å². The number of sulfonamides is 1. The first-order valence-electron chi connectivity index (χ1n) is 10.6. The molecule has 2 N–H and O–H groups in total. The van der Waals surface area contributed by atoms with Gasteiger partial charge < -0.3 is 10.6 Å². The number of carbonyl (C=O) groups excluding carboxylic acids is 2. The Balaban J connectivity index is 1.47. The molecule has 1 saturated heterocycles. The predicted molar refractivity (Wildman–Crippen MR) is 128 cm³/mol. The van der Waals surface area contributed by atoms with Gasteiger partial charge in [0.15, 0.2) is 0 Å². The summed E-state index contributed by atoms with van der Waals surface area (Å²) in [6.07, 6.45) is 0.289. The van der Waals surface area contributed by atoms with Gasteiger partial charge in [0, 0.05) is 55.2 Å². The second kappa shape index (κ2) is 10.2. The van der Waals surface area contributed by atoms with Gasteiger partial charge in [-0.15, -0.1) is 11.3 Å². The fourth-order valence-corrected chi connectivity index (χ4v) is 7.26. The Labute approximate surface area is 213 Å². The number of rotatable bonds is 6. The molecule has 0 unspecified atom stereocenters. The molecule has 1 aromatic heterocycles. The van der Waals surface area contributed by atoms with Crippen molar-refractivity contribution >= 4 is 44.8 Å². The second-order valence-corrected chi connectivity index (χ2v) is 11.7. The van der Waals surface area contributed by atoms with Crippen molar-refractivity contribution in [2.75, 3.05) is 26.2 Å². The number of piperazine rings is 1. The van der Waals surface area contributed by atoms with E-state index in [0.717, 1.165) is 26.1 Å². The normalized spacial score (nSPS) is 14.7. The molecule has 3 aromatic rings. The highest BCUT2D eigenvalue weighted by Crippen LogP contribution is 2.34. The highest BCUT2D eigenvalue weighted by Gasteiger charge is 2.33. The topological polar surface area (TPSA) is 101 Å². The van der Waals surface area contributed by atoms with Crippen LogP contribution in [-0.4, -0.2) is 55.6 Å². The minimum atomic E-state index is -3.96. The van der Waals surface area contributed by atoms with Crippen molar-refractivity contribution in [1.82, 2.24) is 9.21 Å². The molecule has 0 spiro atoms. The van der Waals surface area contributed by atoms with E-state index < -0.39 is 44.9 Å². The van der Waals surface area contributed by atoms with E-state index in [1.54, 1.807) is 24.3 Å². The maximum Gasteiger partial charge on any atom is 0.259 e. The smallest absolute Gasteiger partial charge is 0.259 e. The van der Waals surface area contributed by atoms with E-state index in [1.165, 1.54) is 6.07 Å². The molecule has 0 atom stereocenters. The van der Waals surface area contributed by atoms with Gasteiger partial charge in [0.2, 0.25) is 5.91 Å². The molecule has 0 radical (unpaired) electrons. The van der Waals surface area contributed by atoms with Crippen LogP contribution in [0.25, 0.3) is 0 Å². The zero-order chi connectivity index (χ0) is 26.2. The van der Waals surface area contributed by atoms with Crippen molar-refractivity contribution in [1.29, 1.82) is 0 Å². The predicted octanol–water partition coefficient (Wildman–Crippen LogP) is 3.66. The molecule has 0 aliphatic carbocycles. The van der Waals surface area contributed by atoms with E-state index in [9.17, 15) is 31.2 Å². The molecule has 0 bridgehead atoms. The zero-order valence-electron chi connectivity index (χ0n) is 18.5. The monoisotopic (exact) mass is 557 g/mol. The van der Waals surface area contributed by atoms with Gasteiger partial charge in [0.05, 0.1) is 5.02 Å². The van der Waals surface area contributed by atoms with Crippen molar-refractivity contribution in [3.63, 3.8) is 0 Å². The van der Waals surface area contributed by atoms with Gasteiger partial charge in [-0.05, 0) is 23.8 Å². The molecule has 13 heteroatoms. The molecule has 1 aliphatic heterocycles. The summed E-state index contributed by atoms with van der Waals surface area (Å²) >= 11 is 7.29. The number of hydrogen-bond donors (Lipinski definition) is 1. The minimum absolute atomic E-state index is 0.00366. The molecule has 2 heterocycles. The van der Waals surface area contributed by atoms with E-state index in [0.29, 0.717) is 22.6 Å². The van der Waals surface area contributed by atoms with Crippen LogP contribution in [0.1, 0.15) is 31.2 Å². The molecule has 4 rings (SSSR count). The number of halogens is 4. The van der Waals surface area contributed by atoms with Crippen LogP contribution in [0, 0.1) is 17.5 Å². The molecule has 1 aliphatic rings. The maximum atomic E-state index is 14.0. The lowest BCUT2D eigenvalue weighted by molar-refractivity contribution is 0.0687. The lowest BCUT2D eigenvalue weighted by atomic mass is 10.1. The Morgan fingerprint density at radius 1 is 1.00 bits per heavy atom. The van der Waals surface area contributed by atoms with Crippen LogP contribution in [0.2, 0.25) is 5.02 Å². The van der Waals surface area contributed by atoms with Crippen LogP contribution < -0.4 is 5.73 Å². The Kier molecular flexibility index (Phi) is 7.41. The first-order valence-corrected chi connectivity index (χ1v) is 13.2. The van der Waals surface area contributed by atoms with Crippen LogP contribution in [0.5, 0.6) is 0 Å². The summed E-state index contributed by atoms with van der Waals surface area (Å²) in [7, 11) is -3.96. The third-order valence-corrected chi connectivity index (χ3v) is 9.58. The van der Waals surface area contributed by atoms with Crippen molar-refractivity contribution in [2.45, 2.75) is 10.6 Å². The van der Waals surface area contributed by atoms with Crippen molar-refractivity contribution in [2.24, 2.45) is 5.73 Å². The zero-order valence-corrected chi connectivity index (χ0v) is 20.9. The number of amides is 2. The van der Waals surface area contributed by atoms with E-state index in [2.05, 4.69) is 0 Å². The van der Waals surface area contributed by atoms with E-state index in [1.807, 2.05) is 0 Å². The van der Waals surface area contributed by atoms with Crippen LogP contribution in [-0.2, 0) is 16.4 Å². The Hall–Kier alpha value is -2.93. The van der Waals surface area contributed by atoms with Gasteiger partial charge in [-0.1, -0.05) is 23.7 Å². The van der Waals surface area contributed by atoms with Crippen molar-refractivity contribution < 1.29 is 31.2 Å². The summed E-state index contributed by atoms with van der Waals surface area (Å²) in [5.74, 6) is -5.36. The molecule has 1 fully saturated rings. The summed E-state index contributed by atoms with van der Waals surface area (Å²) in [4.78, 5) is 25.7. The Bertz CT molecular complexity index is 1430. The summed E-state index contributed by atoms with van der Waals surface area (Å²) in [5.41, 5.74) is 5.47. The highest BCUT2D eigenvalue weighted by molar-refractivity contribution is 7.91. The first kappa shape index (κ1) is 26.1. The fraction of sp³-hybridized carbons (Fsp3) is 0.217. The average Bonchev–Trinajstić information content (AvgIpc) is 3.19. The van der Waals surface area contributed by atoms with Crippen LogP contribution in [0.3, 0.4) is 0 Å². The number of hydrogen-bond acceptors (Lipinski definition) is 5. The number of nitrogens with two attached hydrogens (primary N) is 1. The largest absolute Gasteiger partial charge is 0.366 e. The Morgan fingerprint density at radius 2 is 1.64 bits per heavy atom. The molecule has 2 aromatic carbocycles. The SMILES string of the molecule is NC(=O)c1cccc(Cc2sc(S(=O)(=O)N3CCN(C(=O)c4c(F)cc(F)cc4F)CC3)cc2Cl)c1. The van der Waals surface area contributed by atoms with Crippen molar-refractivity contribution in [3.8, 4) is 0 Å². The van der Waals surface area contributed by atoms with Crippen LogP contribution >= 0.6 is 22.9 Å². The quantitative estimate of drug-likeness (QED) is 0.500. The van der Waals surface area contributed by atoms with Gasteiger partial charge in [0.1, 0.15) is 27.2 Å². The van der Waals surface area contributed by atoms with Gasteiger partial charge >= 0.3 is 0 Å². The average molecular weight is 558 g/mol. The highest BCUT2D eigenvalue weighted by atomic mass is 35.5. The number of nitrogens with zero attached hydrogens (tertiary/aromatic N) is 2. The molecule has 36 heavy (non-hydrogen) atoms. The minimum Gasteiger partial charge on any atom is -0.366 e. The molecule has 0 saturated carbocycles. The number of thiophene rings is 1. The summed E-state index contributed by atoms with van der Waals surface area (Å²) in [6, 6.07) is 8.78. The van der Waals surface area contributed by atoms with Crippen LogP contribution in [0.15, 0.2) is 46.7 Å². The summed E-state index contributed by atoms with van der Waals surface area (Å²) < 4.78 is 68.7. The molecule has 2 amide bonds. The number of benzene rings is 2. The van der Waals surface area contributed by atoms with Gasteiger partial charge in [0.25, 0.3) is 15.9 Å². The number of primary amides is 1. The standard InChI is InChI=1S/C23H19ClF3N3O4S2/c24-16-12-20(35-19(16)9-13-2-1-3-14(8-13)22(28)31)36(33,34)30-6-4-29(5-7-30)23(32)21-17(26)10-15(25)11-18(21)27/h1-3,8,10-12H,4-7,9H2,(H2,28,31). The summed E-state index contributed by atoms with van der Waals surface area (Å²) in [6.45, 7) is -0.436. The second-order valence-electron chi connectivity index (χ2n) is 8.02. The fourth-order valence-electron chi connectivity index (χ4n) is 3.81. The first-order chi connectivity index (χ1) is 17.0. The van der Waals surface area contributed by atoms with Crippen LogP contribution in [0.4, 0.5) is 13.2 Å². The third-order valence-electron chi connectivity index (χ3n) is 5.65. The van der Waals surface area contributed by atoms with E-state index in [4.69, 9.17) is 17.3 Å². The third kappa shape index (κ3) is 5.26. The van der Waals surface area contributed by atoms with E-state index in [-0.39, 0.29) is 41.8 Å². The van der Waals surface area contributed by atoms with Gasteiger partial charge in [-0.2, -0.15) is 4.31 Å². The van der Waals surface area contributed by atoms with E-state index >= 15 is 0 Å². The molecular weight excluding hydrogens is 539 g/mol. The molecule has 190 valence electrons. The van der Waals surface area contributed by atoms with Gasteiger partial charge in [-0.3, -0.25) is 9.59 Å². The molecular formula is C23H19ClF3N3O4S2. The molecule has 7 nitrogen and oxygen atoms in total. The Morgan fingerprint density at radius 3 is 2.25 bits per heavy atom. The lowest BCUT2D eigenvalue weighted by Crippen LogP contribution is -2.50. The number of carbonyl (C=O) groups is 2. The summed E-state index contributed by atoms with van der Waals surface area (Å²) in [5, 5.41) is 0.249. The lowest BCUT2D eigenvalue weighted by Gasteiger charge is -2.33.